The zero-order chi connectivity index (χ0) is 15.7. The number of anilines is 1. The van der Waals surface area contributed by atoms with Crippen LogP contribution in [0.4, 0.5) is 11.4 Å². The standard InChI is InChI=1S/C16H21N3O2/c1-10-7-16(19(20)21)11(2)6-15(10)17-9-14-8-12(3)18(5)13(14)4/h6-8,17H,9H2,1-5H3. The van der Waals surface area contributed by atoms with Crippen LogP contribution in [0.3, 0.4) is 0 Å². The van der Waals surface area contributed by atoms with Gasteiger partial charge in [-0.2, -0.15) is 0 Å². The first kappa shape index (κ1) is 15.1. The van der Waals surface area contributed by atoms with E-state index >= 15 is 0 Å². The SMILES string of the molecule is Cc1cc([N+](=O)[O-])c(C)cc1NCc1cc(C)n(C)c1C. The van der Waals surface area contributed by atoms with E-state index in [2.05, 4.69) is 36.8 Å². The lowest BCUT2D eigenvalue weighted by Crippen LogP contribution is -2.04. The monoisotopic (exact) mass is 287 g/mol. The number of nitrogens with one attached hydrogen (secondary N) is 1. The Labute approximate surface area is 124 Å². The average Bonchev–Trinajstić information content (AvgIpc) is 2.66. The number of hydrogen-bond donors (Lipinski definition) is 1. The summed E-state index contributed by atoms with van der Waals surface area (Å²) in [7, 11) is 2.05. The summed E-state index contributed by atoms with van der Waals surface area (Å²) < 4.78 is 2.16. The van der Waals surface area contributed by atoms with Gasteiger partial charge in [0.25, 0.3) is 5.69 Å². The highest BCUT2D eigenvalue weighted by atomic mass is 16.6. The highest BCUT2D eigenvalue weighted by Gasteiger charge is 2.13. The van der Waals surface area contributed by atoms with Gasteiger partial charge >= 0.3 is 0 Å². The van der Waals surface area contributed by atoms with Gasteiger partial charge in [-0.25, -0.2) is 0 Å². The van der Waals surface area contributed by atoms with Crippen LogP contribution in [0, 0.1) is 37.8 Å². The minimum absolute atomic E-state index is 0.171. The summed E-state index contributed by atoms with van der Waals surface area (Å²) >= 11 is 0. The molecule has 0 aliphatic heterocycles. The summed E-state index contributed by atoms with van der Waals surface area (Å²) in [5.74, 6) is 0. The molecule has 5 heteroatoms. The molecule has 21 heavy (non-hydrogen) atoms. The number of hydrogen-bond acceptors (Lipinski definition) is 3. The summed E-state index contributed by atoms with van der Waals surface area (Å²) in [6, 6.07) is 5.63. The van der Waals surface area contributed by atoms with Gasteiger partial charge in [0.15, 0.2) is 0 Å². The number of nitrogens with zero attached hydrogens (tertiary/aromatic N) is 2. The van der Waals surface area contributed by atoms with Crippen molar-refractivity contribution in [1.82, 2.24) is 4.57 Å². The van der Waals surface area contributed by atoms with Crippen molar-refractivity contribution in [2.24, 2.45) is 7.05 Å². The first-order chi connectivity index (χ1) is 9.81. The zero-order valence-electron chi connectivity index (χ0n) is 13.2. The molecule has 0 fully saturated rings. The highest BCUT2D eigenvalue weighted by Crippen LogP contribution is 2.26. The van der Waals surface area contributed by atoms with Crippen molar-refractivity contribution < 1.29 is 4.92 Å². The van der Waals surface area contributed by atoms with E-state index < -0.39 is 0 Å². The first-order valence-corrected chi connectivity index (χ1v) is 6.92. The second kappa shape index (κ2) is 5.60. The Morgan fingerprint density at radius 3 is 2.33 bits per heavy atom. The number of benzene rings is 1. The predicted molar refractivity (Wildman–Crippen MR) is 84.8 cm³/mol. The highest BCUT2D eigenvalue weighted by molar-refractivity contribution is 5.59. The van der Waals surface area contributed by atoms with Crippen LogP contribution in [-0.2, 0) is 13.6 Å². The van der Waals surface area contributed by atoms with Crippen molar-refractivity contribution in [1.29, 1.82) is 0 Å². The molecule has 0 aliphatic rings. The molecule has 1 aromatic heterocycles. The van der Waals surface area contributed by atoms with Crippen molar-refractivity contribution in [3.8, 4) is 0 Å². The fraction of sp³-hybridized carbons (Fsp3) is 0.375. The largest absolute Gasteiger partial charge is 0.381 e. The number of aryl methyl sites for hydroxylation is 3. The minimum Gasteiger partial charge on any atom is -0.381 e. The van der Waals surface area contributed by atoms with Gasteiger partial charge in [0.1, 0.15) is 0 Å². The smallest absolute Gasteiger partial charge is 0.272 e. The Kier molecular flexibility index (Phi) is 4.02. The van der Waals surface area contributed by atoms with Crippen LogP contribution in [0.25, 0.3) is 0 Å². The number of aromatic nitrogens is 1. The van der Waals surface area contributed by atoms with Crippen molar-refractivity contribution >= 4 is 11.4 Å². The summed E-state index contributed by atoms with van der Waals surface area (Å²) in [6.45, 7) is 8.54. The molecule has 0 saturated heterocycles. The van der Waals surface area contributed by atoms with Gasteiger partial charge in [0.2, 0.25) is 0 Å². The molecule has 1 N–H and O–H groups in total. The molecule has 112 valence electrons. The lowest BCUT2D eigenvalue weighted by atomic mass is 10.1. The maximum atomic E-state index is 10.9. The molecule has 0 unspecified atom stereocenters. The van der Waals surface area contributed by atoms with Crippen molar-refractivity contribution in [3.63, 3.8) is 0 Å². The molecule has 0 amide bonds. The van der Waals surface area contributed by atoms with Crippen molar-refractivity contribution in [3.05, 3.63) is 56.4 Å². The maximum absolute atomic E-state index is 10.9. The lowest BCUT2D eigenvalue weighted by molar-refractivity contribution is -0.385. The molecule has 0 aliphatic carbocycles. The molecule has 0 saturated carbocycles. The molecule has 0 spiro atoms. The van der Waals surface area contributed by atoms with E-state index in [1.54, 1.807) is 13.0 Å². The van der Waals surface area contributed by atoms with Crippen LogP contribution in [0.5, 0.6) is 0 Å². The fourth-order valence-electron chi connectivity index (χ4n) is 2.49. The molecule has 0 bridgehead atoms. The van der Waals surface area contributed by atoms with Gasteiger partial charge in [-0.05, 0) is 51.0 Å². The normalized spacial score (nSPS) is 10.7. The maximum Gasteiger partial charge on any atom is 0.272 e. The third-order valence-corrected chi connectivity index (χ3v) is 4.09. The van der Waals surface area contributed by atoms with Gasteiger partial charge in [-0.3, -0.25) is 10.1 Å². The first-order valence-electron chi connectivity index (χ1n) is 6.92. The zero-order valence-corrected chi connectivity index (χ0v) is 13.2. The summed E-state index contributed by atoms with van der Waals surface area (Å²) in [4.78, 5) is 10.6. The van der Waals surface area contributed by atoms with E-state index in [1.165, 1.54) is 17.0 Å². The molecule has 1 heterocycles. The molecule has 2 aromatic rings. The second-order valence-corrected chi connectivity index (χ2v) is 5.52. The van der Waals surface area contributed by atoms with Crippen LogP contribution in [0.1, 0.15) is 28.1 Å². The number of nitro groups is 1. The van der Waals surface area contributed by atoms with Gasteiger partial charge in [-0.15, -0.1) is 0 Å². The topological polar surface area (TPSA) is 60.1 Å². The van der Waals surface area contributed by atoms with Gasteiger partial charge in [0, 0.05) is 42.3 Å². The average molecular weight is 287 g/mol. The van der Waals surface area contributed by atoms with Gasteiger partial charge in [0.05, 0.1) is 4.92 Å². The third-order valence-electron chi connectivity index (χ3n) is 4.09. The van der Waals surface area contributed by atoms with Gasteiger partial charge < -0.3 is 9.88 Å². The van der Waals surface area contributed by atoms with Gasteiger partial charge in [-0.1, -0.05) is 0 Å². The van der Waals surface area contributed by atoms with Crippen LogP contribution in [0.2, 0.25) is 0 Å². The van der Waals surface area contributed by atoms with Crippen LogP contribution in [-0.4, -0.2) is 9.49 Å². The molecule has 0 radical (unpaired) electrons. The quantitative estimate of drug-likeness (QED) is 0.687. The third kappa shape index (κ3) is 2.91. The van der Waals surface area contributed by atoms with Crippen LogP contribution in [0.15, 0.2) is 18.2 Å². The molecular formula is C16H21N3O2. The number of nitro benzene ring substituents is 1. The number of rotatable bonds is 4. The van der Waals surface area contributed by atoms with Crippen LogP contribution < -0.4 is 5.32 Å². The van der Waals surface area contributed by atoms with E-state index in [0.29, 0.717) is 12.1 Å². The second-order valence-electron chi connectivity index (χ2n) is 5.52. The molecule has 1 aromatic carbocycles. The summed E-state index contributed by atoms with van der Waals surface area (Å²) in [6.07, 6.45) is 0. The van der Waals surface area contributed by atoms with E-state index in [4.69, 9.17) is 0 Å². The van der Waals surface area contributed by atoms with Crippen LogP contribution >= 0.6 is 0 Å². The van der Waals surface area contributed by atoms with E-state index in [0.717, 1.165) is 11.3 Å². The van der Waals surface area contributed by atoms with E-state index in [1.807, 2.05) is 13.0 Å². The summed E-state index contributed by atoms with van der Waals surface area (Å²) in [5.41, 5.74) is 6.37. The van der Waals surface area contributed by atoms with Crippen molar-refractivity contribution in [2.75, 3.05) is 5.32 Å². The minimum atomic E-state index is -0.336. The molecule has 2 rings (SSSR count). The van der Waals surface area contributed by atoms with E-state index in [-0.39, 0.29) is 10.6 Å². The predicted octanol–water partition coefficient (Wildman–Crippen LogP) is 3.78. The van der Waals surface area contributed by atoms with E-state index in [9.17, 15) is 10.1 Å². The summed E-state index contributed by atoms with van der Waals surface area (Å²) in [5, 5.41) is 14.3. The molecular weight excluding hydrogens is 266 g/mol. The van der Waals surface area contributed by atoms with Crippen molar-refractivity contribution in [2.45, 2.75) is 34.2 Å². The lowest BCUT2D eigenvalue weighted by Gasteiger charge is -2.11. The Balaban J connectivity index is 2.22. The Hall–Kier alpha value is -2.30. The molecule has 0 atom stereocenters. The Morgan fingerprint density at radius 2 is 1.81 bits per heavy atom. The Morgan fingerprint density at radius 1 is 1.14 bits per heavy atom. The Bertz CT molecular complexity index is 702. The molecule has 5 nitrogen and oxygen atoms in total. The fourth-order valence-corrected chi connectivity index (χ4v) is 2.49.